The van der Waals surface area contributed by atoms with Crippen LogP contribution in [0.15, 0.2) is 59.6 Å². The number of hydrogen-bond acceptors (Lipinski definition) is 4. The van der Waals surface area contributed by atoms with Crippen LogP contribution in [0, 0.1) is 0 Å². The van der Waals surface area contributed by atoms with Crippen LogP contribution in [-0.4, -0.2) is 27.2 Å². The molecule has 6 nitrogen and oxygen atoms in total. The third-order valence-electron chi connectivity index (χ3n) is 3.24. The maximum atomic E-state index is 12.0. The quantitative estimate of drug-likeness (QED) is 0.709. The molecule has 0 aliphatic rings. The number of nitrogens with one attached hydrogen (secondary N) is 1. The lowest BCUT2D eigenvalue weighted by Crippen LogP contribution is -2.25. The summed E-state index contributed by atoms with van der Waals surface area (Å²) in [5.41, 5.74) is 1.19. The second kappa shape index (κ2) is 6.71. The summed E-state index contributed by atoms with van der Waals surface area (Å²) in [6.07, 6.45) is 6.21. The van der Waals surface area contributed by atoms with Gasteiger partial charge in [0.05, 0.1) is 6.33 Å². The highest BCUT2D eigenvalue weighted by Crippen LogP contribution is 2.19. The summed E-state index contributed by atoms with van der Waals surface area (Å²) in [6, 6.07) is 11.2. The number of amides is 1. The van der Waals surface area contributed by atoms with Crippen molar-refractivity contribution < 1.29 is 9.32 Å². The molecule has 0 saturated carbocycles. The minimum Gasteiger partial charge on any atom is -0.355 e. The van der Waals surface area contributed by atoms with Crippen molar-refractivity contribution in [3.63, 3.8) is 0 Å². The van der Waals surface area contributed by atoms with Gasteiger partial charge in [0.25, 0.3) is 5.91 Å². The van der Waals surface area contributed by atoms with Crippen molar-refractivity contribution in [1.29, 1.82) is 0 Å². The molecule has 0 radical (unpaired) electrons. The van der Waals surface area contributed by atoms with Crippen molar-refractivity contribution in [3.8, 4) is 11.3 Å². The van der Waals surface area contributed by atoms with Crippen molar-refractivity contribution in [3.05, 3.63) is 60.8 Å². The fourth-order valence-corrected chi connectivity index (χ4v) is 2.09. The van der Waals surface area contributed by atoms with Crippen LogP contribution >= 0.6 is 0 Å². The number of rotatable bonds is 6. The molecule has 0 bridgehead atoms. The van der Waals surface area contributed by atoms with Gasteiger partial charge in [-0.15, -0.1) is 0 Å². The number of imidazole rings is 1. The monoisotopic (exact) mass is 296 g/mol. The molecule has 0 spiro atoms. The van der Waals surface area contributed by atoms with Crippen molar-refractivity contribution in [2.24, 2.45) is 0 Å². The van der Waals surface area contributed by atoms with Gasteiger partial charge in [0, 0.05) is 37.1 Å². The van der Waals surface area contributed by atoms with Crippen molar-refractivity contribution >= 4 is 5.91 Å². The second-order valence-electron chi connectivity index (χ2n) is 4.85. The van der Waals surface area contributed by atoms with E-state index in [0.717, 1.165) is 18.5 Å². The highest BCUT2D eigenvalue weighted by Gasteiger charge is 2.12. The number of benzene rings is 1. The fraction of sp³-hybridized carbons (Fsp3) is 0.188. The van der Waals surface area contributed by atoms with Crippen molar-refractivity contribution in [2.45, 2.75) is 13.0 Å². The number of carbonyl (C=O) groups is 1. The molecule has 3 rings (SSSR count). The number of nitrogens with zero attached hydrogens (tertiary/aromatic N) is 3. The Labute approximate surface area is 127 Å². The van der Waals surface area contributed by atoms with E-state index in [1.807, 2.05) is 41.1 Å². The van der Waals surface area contributed by atoms with Crippen LogP contribution in [0.1, 0.15) is 16.9 Å². The topological polar surface area (TPSA) is 73.0 Å². The van der Waals surface area contributed by atoms with E-state index in [-0.39, 0.29) is 5.91 Å². The van der Waals surface area contributed by atoms with Gasteiger partial charge in [0.1, 0.15) is 0 Å². The van der Waals surface area contributed by atoms with Crippen molar-refractivity contribution in [2.75, 3.05) is 6.54 Å². The number of hydrogen-bond donors (Lipinski definition) is 1. The van der Waals surface area contributed by atoms with Crippen LogP contribution in [0.2, 0.25) is 0 Å². The standard InChI is InChI=1S/C16H16N4O2/c21-16(18-7-4-9-20-10-8-17-12-20)14-11-15(22-19-14)13-5-2-1-3-6-13/h1-3,5-6,8,10-12H,4,7,9H2,(H,18,21). The van der Waals surface area contributed by atoms with Crippen LogP contribution in [0.5, 0.6) is 0 Å². The van der Waals surface area contributed by atoms with E-state index in [0.29, 0.717) is 18.0 Å². The first kappa shape index (κ1) is 14.1. The molecule has 6 heteroatoms. The number of aromatic nitrogens is 3. The van der Waals surface area contributed by atoms with E-state index < -0.39 is 0 Å². The molecule has 0 aliphatic carbocycles. The smallest absolute Gasteiger partial charge is 0.273 e. The Hall–Kier alpha value is -2.89. The summed E-state index contributed by atoms with van der Waals surface area (Å²) in [7, 11) is 0. The molecule has 112 valence electrons. The zero-order valence-electron chi connectivity index (χ0n) is 12.0. The fourth-order valence-electron chi connectivity index (χ4n) is 2.09. The maximum absolute atomic E-state index is 12.0. The molecule has 1 aromatic carbocycles. The number of carbonyl (C=O) groups excluding carboxylic acids is 1. The Morgan fingerprint density at radius 3 is 2.91 bits per heavy atom. The van der Waals surface area contributed by atoms with E-state index in [9.17, 15) is 4.79 Å². The van der Waals surface area contributed by atoms with Gasteiger partial charge < -0.3 is 14.4 Å². The van der Waals surface area contributed by atoms with Gasteiger partial charge in [0.15, 0.2) is 11.5 Å². The Morgan fingerprint density at radius 2 is 2.14 bits per heavy atom. The van der Waals surface area contributed by atoms with Gasteiger partial charge >= 0.3 is 0 Å². The van der Waals surface area contributed by atoms with E-state index >= 15 is 0 Å². The molecule has 2 heterocycles. The van der Waals surface area contributed by atoms with Crippen molar-refractivity contribution in [1.82, 2.24) is 20.0 Å². The second-order valence-corrected chi connectivity index (χ2v) is 4.85. The highest BCUT2D eigenvalue weighted by molar-refractivity contribution is 5.93. The highest BCUT2D eigenvalue weighted by atomic mass is 16.5. The van der Waals surface area contributed by atoms with Gasteiger partial charge in [-0.1, -0.05) is 35.5 Å². The largest absolute Gasteiger partial charge is 0.355 e. The van der Waals surface area contributed by atoms with Gasteiger partial charge in [-0.25, -0.2) is 4.98 Å². The Morgan fingerprint density at radius 1 is 1.27 bits per heavy atom. The van der Waals surface area contributed by atoms with Crippen LogP contribution in [0.25, 0.3) is 11.3 Å². The third-order valence-corrected chi connectivity index (χ3v) is 3.24. The molecule has 0 atom stereocenters. The van der Waals surface area contributed by atoms with E-state index in [1.54, 1.807) is 18.6 Å². The molecule has 1 amide bonds. The Balaban J connectivity index is 1.51. The van der Waals surface area contributed by atoms with Gasteiger partial charge in [0.2, 0.25) is 0 Å². The molecular formula is C16H16N4O2. The van der Waals surface area contributed by atoms with E-state index in [1.165, 1.54) is 0 Å². The molecule has 1 N–H and O–H groups in total. The van der Waals surface area contributed by atoms with Gasteiger partial charge in [-0.2, -0.15) is 0 Å². The maximum Gasteiger partial charge on any atom is 0.273 e. The first-order valence-corrected chi connectivity index (χ1v) is 7.09. The first-order valence-electron chi connectivity index (χ1n) is 7.09. The Kier molecular flexibility index (Phi) is 4.29. The molecule has 0 saturated heterocycles. The molecule has 2 aromatic heterocycles. The van der Waals surface area contributed by atoms with E-state index in [2.05, 4.69) is 15.5 Å². The zero-order valence-corrected chi connectivity index (χ0v) is 12.0. The summed E-state index contributed by atoms with van der Waals surface area (Å²) < 4.78 is 7.18. The molecule has 0 aliphatic heterocycles. The SMILES string of the molecule is O=C(NCCCn1ccnc1)c1cc(-c2ccccc2)on1. The summed E-state index contributed by atoms with van der Waals surface area (Å²) in [5.74, 6) is 0.362. The van der Waals surface area contributed by atoms with E-state index in [4.69, 9.17) is 4.52 Å². The molecule has 3 aromatic rings. The normalized spacial score (nSPS) is 10.5. The summed E-state index contributed by atoms with van der Waals surface area (Å²) in [4.78, 5) is 16.0. The third kappa shape index (κ3) is 3.41. The predicted octanol–water partition coefficient (Wildman–Crippen LogP) is 2.36. The zero-order chi connectivity index (χ0) is 15.2. The number of aryl methyl sites for hydroxylation is 1. The van der Waals surface area contributed by atoms with Crippen LogP contribution < -0.4 is 5.32 Å². The van der Waals surface area contributed by atoms with Crippen LogP contribution in [0.3, 0.4) is 0 Å². The minimum absolute atomic E-state index is 0.225. The minimum atomic E-state index is -0.225. The average Bonchev–Trinajstić information content (AvgIpc) is 3.24. The molecular weight excluding hydrogens is 280 g/mol. The summed E-state index contributed by atoms with van der Waals surface area (Å²) >= 11 is 0. The summed E-state index contributed by atoms with van der Waals surface area (Å²) in [6.45, 7) is 1.39. The van der Waals surface area contributed by atoms with Gasteiger partial charge in [-0.05, 0) is 6.42 Å². The lowest BCUT2D eigenvalue weighted by Gasteiger charge is -2.03. The molecule has 22 heavy (non-hydrogen) atoms. The molecule has 0 fully saturated rings. The first-order chi connectivity index (χ1) is 10.8. The predicted molar refractivity (Wildman–Crippen MR) is 81.1 cm³/mol. The van der Waals surface area contributed by atoms with Gasteiger partial charge in [-0.3, -0.25) is 4.79 Å². The summed E-state index contributed by atoms with van der Waals surface area (Å²) in [5, 5.41) is 6.65. The molecule has 0 unspecified atom stereocenters. The van der Waals surface area contributed by atoms with Crippen LogP contribution in [-0.2, 0) is 6.54 Å². The lowest BCUT2D eigenvalue weighted by atomic mass is 10.1. The average molecular weight is 296 g/mol. The Bertz CT molecular complexity index is 720. The van der Waals surface area contributed by atoms with Crippen LogP contribution in [0.4, 0.5) is 0 Å². The lowest BCUT2D eigenvalue weighted by molar-refractivity contribution is 0.0944.